The second-order valence-corrected chi connectivity index (χ2v) is 13.3. The van der Waals surface area contributed by atoms with Crippen molar-refractivity contribution >= 4 is 28.6 Å². The summed E-state index contributed by atoms with van der Waals surface area (Å²) in [5, 5.41) is 2.06. The summed E-state index contributed by atoms with van der Waals surface area (Å²) in [5.74, 6) is 1.41. The number of rotatable bonds is 15. The highest BCUT2D eigenvalue weighted by Gasteiger charge is 2.40. The highest BCUT2D eigenvalue weighted by Crippen LogP contribution is 2.44. The molecule has 3 atom stereocenters. The van der Waals surface area contributed by atoms with E-state index < -0.39 is 0 Å². The summed E-state index contributed by atoms with van der Waals surface area (Å²) in [6.07, 6.45) is 9.89. The lowest BCUT2D eigenvalue weighted by Crippen LogP contribution is -2.29. The fraction of sp³-hybridized carbons (Fsp3) is 0.452. The van der Waals surface area contributed by atoms with E-state index in [9.17, 15) is 9.59 Å². The topological polar surface area (TPSA) is 72.0 Å². The second kappa shape index (κ2) is 15.9. The van der Waals surface area contributed by atoms with Crippen molar-refractivity contribution in [3.8, 4) is 22.5 Å². The maximum absolute atomic E-state index is 13.6. The standard InChI is InChI=1S/C42H51N2O5/c1-5-43(6-2)31-19-21-35-38(27-31)49-39-28-32(44(7-3)8-4)20-22-36(39)40(35)33-15-11-12-16-34(33)41(45)47-23-13-9-10-14-24-48-42(46)37-26-29-17-18-30(37)25-29/h11-12,15-22,27-30,37H,5-10,13-14,23-26H2,1-4H3/q+1. The number of carbonyl (C=O) groups is 2. The van der Waals surface area contributed by atoms with Crippen LogP contribution in [0.3, 0.4) is 0 Å². The first kappa shape index (κ1) is 34.5. The van der Waals surface area contributed by atoms with Gasteiger partial charge >= 0.3 is 11.9 Å². The van der Waals surface area contributed by atoms with Gasteiger partial charge in [0.25, 0.3) is 0 Å². The zero-order chi connectivity index (χ0) is 34.3. The fourth-order valence-corrected chi connectivity index (χ4v) is 7.74. The van der Waals surface area contributed by atoms with Gasteiger partial charge in [0.05, 0.1) is 30.8 Å². The molecule has 4 aliphatic rings. The van der Waals surface area contributed by atoms with Gasteiger partial charge in [0.2, 0.25) is 5.36 Å². The molecule has 1 saturated carbocycles. The molecule has 2 aromatic rings. The SMILES string of the molecule is CCN(CC)c1ccc2c(-c3ccccc3C(=O)OCCCCCCOC(=O)C3CC4C=CC3C4)c3ccc(=[N+](CC)CC)cc-3oc2c1. The smallest absolute Gasteiger partial charge is 0.338 e. The lowest BCUT2D eigenvalue weighted by molar-refractivity contribution is -0.149. The van der Waals surface area contributed by atoms with Crippen molar-refractivity contribution in [2.75, 3.05) is 44.3 Å². The van der Waals surface area contributed by atoms with Gasteiger partial charge in [-0.3, -0.25) is 4.79 Å². The van der Waals surface area contributed by atoms with Crippen molar-refractivity contribution in [3.05, 3.63) is 83.7 Å². The number of unbranched alkanes of at least 4 members (excludes halogenated alkanes) is 3. The van der Waals surface area contributed by atoms with Gasteiger partial charge in [-0.15, -0.1) is 0 Å². The van der Waals surface area contributed by atoms with E-state index in [0.717, 1.165) is 109 Å². The molecule has 0 N–H and O–H groups in total. The summed E-state index contributed by atoms with van der Waals surface area (Å²) in [4.78, 5) is 28.4. The van der Waals surface area contributed by atoms with Gasteiger partial charge in [-0.2, -0.15) is 0 Å². The van der Waals surface area contributed by atoms with Crippen molar-refractivity contribution < 1.29 is 23.5 Å². The normalized spacial score (nSPS) is 17.9. The molecule has 6 rings (SSSR count). The largest absolute Gasteiger partial charge is 0.465 e. The molecule has 0 aromatic heterocycles. The minimum Gasteiger partial charge on any atom is -0.465 e. The Kier molecular flexibility index (Phi) is 11.2. The molecule has 1 heterocycles. The first-order valence-electron chi connectivity index (χ1n) is 18.4. The highest BCUT2D eigenvalue weighted by molar-refractivity contribution is 6.08. The van der Waals surface area contributed by atoms with E-state index >= 15 is 0 Å². The van der Waals surface area contributed by atoms with E-state index in [4.69, 9.17) is 13.9 Å². The van der Waals surface area contributed by atoms with Crippen LogP contribution in [0, 0.1) is 17.8 Å². The molecule has 49 heavy (non-hydrogen) atoms. The summed E-state index contributed by atoms with van der Waals surface area (Å²) < 4.78 is 20.4. The molecule has 0 saturated heterocycles. The zero-order valence-corrected chi connectivity index (χ0v) is 29.6. The van der Waals surface area contributed by atoms with E-state index in [0.29, 0.717) is 30.6 Å². The van der Waals surface area contributed by atoms with Crippen LogP contribution < -0.4 is 14.8 Å². The first-order chi connectivity index (χ1) is 23.9. The lowest BCUT2D eigenvalue weighted by atomic mass is 9.90. The molecule has 7 heteroatoms. The van der Waals surface area contributed by atoms with Gasteiger partial charge in [-0.1, -0.05) is 30.4 Å². The molecular formula is C42H51N2O5+. The Morgan fingerprint density at radius 3 is 2.27 bits per heavy atom. The summed E-state index contributed by atoms with van der Waals surface area (Å²) >= 11 is 0. The molecule has 7 nitrogen and oxygen atoms in total. The summed E-state index contributed by atoms with van der Waals surface area (Å²) in [7, 11) is 0. The van der Waals surface area contributed by atoms with Gasteiger partial charge < -0.3 is 18.8 Å². The Hall–Kier alpha value is -4.39. The van der Waals surface area contributed by atoms with Crippen LogP contribution in [-0.2, 0) is 14.3 Å². The zero-order valence-electron chi connectivity index (χ0n) is 29.6. The molecular weight excluding hydrogens is 612 g/mol. The maximum atomic E-state index is 13.6. The number of carbonyl (C=O) groups excluding carboxylic acids is 2. The number of ether oxygens (including phenoxy) is 2. The third-order valence-corrected chi connectivity index (χ3v) is 10.5. The van der Waals surface area contributed by atoms with E-state index in [-0.39, 0.29) is 17.9 Å². The Bertz CT molecular complexity index is 1850. The van der Waals surface area contributed by atoms with E-state index in [1.807, 2.05) is 24.3 Å². The predicted octanol–water partition coefficient (Wildman–Crippen LogP) is 8.34. The van der Waals surface area contributed by atoms with E-state index in [1.165, 1.54) is 0 Å². The maximum Gasteiger partial charge on any atom is 0.338 e. The predicted molar refractivity (Wildman–Crippen MR) is 197 cm³/mol. The third-order valence-electron chi connectivity index (χ3n) is 10.5. The van der Waals surface area contributed by atoms with Gasteiger partial charge in [0.15, 0.2) is 0 Å². The Morgan fingerprint density at radius 2 is 1.57 bits per heavy atom. The van der Waals surface area contributed by atoms with Crippen molar-refractivity contribution in [2.24, 2.45) is 17.8 Å². The number of fused-ring (bicyclic) bond motifs is 4. The van der Waals surface area contributed by atoms with Crippen LogP contribution in [0.5, 0.6) is 0 Å². The Labute approximate surface area is 290 Å². The lowest BCUT2D eigenvalue weighted by Gasteiger charge is -2.22. The number of esters is 2. The highest BCUT2D eigenvalue weighted by atomic mass is 16.5. The molecule has 258 valence electrons. The molecule has 0 spiro atoms. The van der Waals surface area contributed by atoms with Crippen molar-refractivity contribution in [1.82, 2.24) is 4.58 Å². The van der Waals surface area contributed by atoms with E-state index in [2.05, 4.69) is 85.7 Å². The summed E-state index contributed by atoms with van der Waals surface area (Å²) in [6, 6.07) is 20.5. The van der Waals surface area contributed by atoms with Crippen LogP contribution in [-0.4, -0.2) is 51.3 Å². The number of anilines is 1. The van der Waals surface area contributed by atoms with Crippen LogP contribution in [0.15, 0.2) is 77.2 Å². The molecule has 1 fully saturated rings. The van der Waals surface area contributed by atoms with Crippen LogP contribution in [0.25, 0.3) is 33.4 Å². The summed E-state index contributed by atoms with van der Waals surface area (Å²) in [6.45, 7) is 13.0. The molecule has 3 unspecified atom stereocenters. The number of allylic oxidation sites excluding steroid dienone is 2. The van der Waals surface area contributed by atoms with Crippen LogP contribution in [0.4, 0.5) is 5.69 Å². The molecule has 3 aliphatic carbocycles. The quantitative estimate of drug-likeness (QED) is 0.0419. The van der Waals surface area contributed by atoms with Crippen LogP contribution >= 0.6 is 0 Å². The number of hydrogen-bond donors (Lipinski definition) is 0. The van der Waals surface area contributed by atoms with Crippen LogP contribution in [0.1, 0.15) is 76.6 Å². The Balaban J connectivity index is 1.17. The van der Waals surface area contributed by atoms with Crippen molar-refractivity contribution in [2.45, 2.75) is 66.2 Å². The molecule has 0 amide bonds. The summed E-state index contributed by atoms with van der Waals surface area (Å²) in [5.41, 5.74) is 5.19. The van der Waals surface area contributed by atoms with Gasteiger partial charge in [0, 0.05) is 47.4 Å². The van der Waals surface area contributed by atoms with Crippen molar-refractivity contribution in [3.63, 3.8) is 0 Å². The minimum absolute atomic E-state index is 0.0363. The minimum atomic E-state index is -0.328. The third kappa shape index (κ3) is 7.46. The number of hydrogen-bond acceptors (Lipinski definition) is 6. The average Bonchev–Trinajstić information content (AvgIpc) is 3.77. The Morgan fingerprint density at radius 1 is 0.816 bits per heavy atom. The molecule has 2 bridgehead atoms. The van der Waals surface area contributed by atoms with Crippen molar-refractivity contribution in [1.29, 1.82) is 0 Å². The van der Waals surface area contributed by atoms with Gasteiger partial charge in [-0.25, -0.2) is 9.37 Å². The fourth-order valence-electron chi connectivity index (χ4n) is 7.74. The number of benzene rings is 3. The van der Waals surface area contributed by atoms with Crippen LogP contribution in [0.2, 0.25) is 0 Å². The van der Waals surface area contributed by atoms with Gasteiger partial charge in [-0.05, 0) is 108 Å². The molecule has 0 radical (unpaired) electrons. The first-order valence-corrected chi connectivity index (χ1v) is 18.4. The molecule has 1 aliphatic heterocycles. The van der Waals surface area contributed by atoms with Gasteiger partial charge in [0.1, 0.15) is 24.4 Å². The second-order valence-electron chi connectivity index (χ2n) is 13.3. The molecule has 2 aromatic carbocycles. The number of nitrogens with zero attached hydrogens (tertiary/aromatic N) is 2. The monoisotopic (exact) mass is 663 g/mol. The van der Waals surface area contributed by atoms with E-state index in [1.54, 1.807) is 0 Å². The average molecular weight is 664 g/mol.